The first-order chi connectivity index (χ1) is 15.1. The number of urea groups is 1. The van der Waals surface area contributed by atoms with Crippen molar-refractivity contribution in [1.29, 1.82) is 0 Å². The second-order valence-corrected chi connectivity index (χ2v) is 9.31. The summed E-state index contributed by atoms with van der Waals surface area (Å²) in [7, 11) is 1.73. The van der Waals surface area contributed by atoms with E-state index in [1.54, 1.807) is 7.11 Å². The third-order valence-corrected chi connectivity index (χ3v) is 7.57. The van der Waals surface area contributed by atoms with Gasteiger partial charge < -0.3 is 15.0 Å². The van der Waals surface area contributed by atoms with Crippen molar-refractivity contribution in [1.82, 2.24) is 15.1 Å². The van der Waals surface area contributed by atoms with Gasteiger partial charge in [-0.25, -0.2) is 4.79 Å². The van der Waals surface area contributed by atoms with E-state index in [4.69, 9.17) is 4.74 Å². The number of piperidine rings is 2. The van der Waals surface area contributed by atoms with Crippen LogP contribution in [0, 0.1) is 5.92 Å². The average molecular weight is 420 g/mol. The molecular weight excluding hydrogens is 386 g/mol. The predicted octanol–water partition coefficient (Wildman–Crippen LogP) is 4.55. The van der Waals surface area contributed by atoms with Crippen molar-refractivity contribution in [2.45, 2.75) is 50.7 Å². The minimum atomic E-state index is 0.0111. The number of rotatable bonds is 3. The van der Waals surface area contributed by atoms with Crippen LogP contribution in [0.3, 0.4) is 0 Å². The molecule has 5 rings (SSSR count). The van der Waals surface area contributed by atoms with Crippen LogP contribution in [0.1, 0.15) is 55.0 Å². The molecule has 0 saturated carbocycles. The third-order valence-electron chi connectivity index (χ3n) is 7.57. The molecule has 5 nitrogen and oxygen atoms in total. The molecule has 2 saturated heterocycles. The van der Waals surface area contributed by atoms with Gasteiger partial charge in [0.25, 0.3) is 0 Å². The Kier molecular flexibility index (Phi) is 5.61. The first-order valence-electron chi connectivity index (χ1n) is 11.7. The van der Waals surface area contributed by atoms with Gasteiger partial charge in [-0.15, -0.1) is 0 Å². The summed E-state index contributed by atoms with van der Waals surface area (Å²) in [4.78, 5) is 18.1. The number of nitrogens with one attached hydrogen (secondary N) is 1. The molecule has 164 valence electrons. The van der Waals surface area contributed by atoms with Crippen molar-refractivity contribution in [3.8, 4) is 5.75 Å². The van der Waals surface area contributed by atoms with Gasteiger partial charge in [0.05, 0.1) is 13.2 Å². The minimum Gasteiger partial charge on any atom is -0.497 e. The molecule has 2 fully saturated rings. The first-order valence-corrected chi connectivity index (χ1v) is 11.7. The van der Waals surface area contributed by atoms with Gasteiger partial charge in [-0.3, -0.25) is 4.90 Å². The van der Waals surface area contributed by atoms with Gasteiger partial charge in [-0.1, -0.05) is 36.4 Å². The van der Waals surface area contributed by atoms with Crippen LogP contribution in [0.25, 0.3) is 0 Å². The summed E-state index contributed by atoms with van der Waals surface area (Å²) in [6.45, 7) is 5.13. The number of ether oxygens (including phenoxy) is 1. The lowest BCUT2D eigenvalue weighted by molar-refractivity contribution is 0.00530. The summed E-state index contributed by atoms with van der Waals surface area (Å²) >= 11 is 0. The first kappa shape index (κ1) is 20.4. The van der Waals surface area contributed by atoms with Crippen LogP contribution in [0.15, 0.2) is 48.5 Å². The van der Waals surface area contributed by atoms with E-state index in [2.05, 4.69) is 52.4 Å². The predicted molar refractivity (Wildman–Crippen MR) is 122 cm³/mol. The number of carbonyl (C=O) groups excluding carboxylic acids is 1. The fourth-order valence-electron chi connectivity index (χ4n) is 5.91. The molecule has 3 heterocycles. The molecule has 3 aliphatic rings. The summed E-state index contributed by atoms with van der Waals surface area (Å²) < 4.78 is 5.45. The van der Waals surface area contributed by atoms with E-state index < -0.39 is 0 Å². The zero-order valence-corrected chi connectivity index (χ0v) is 18.6. The summed E-state index contributed by atoms with van der Waals surface area (Å²) in [5.74, 6) is 1.51. The Morgan fingerprint density at radius 3 is 2.81 bits per heavy atom. The summed E-state index contributed by atoms with van der Waals surface area (Å²) in [5, 5.41) is 3.26. The zero-order chi connectivity index (χ0) is 21.4. The fraction of sp³-hybridized carbons (Fsp3) is 0.500. The largest absolute Gasteiger partial charge is 0.497 e. The lowest BCUT2D eigenvalue weighted by Crippen LogP contribution is -2.59. The van der Waals surface area contributed by atoms with Gasteiger partial charge in [-0.2, -0.15) is 0 Å². The van der Waals surface area contributed by atoms with Crippen molar-refractivity contribution in [2.75, 3.05) is 26.7 Å². The van der Waals surface area contributed by atoms with Crippen molar-refractivity contribution < 1.29 is 9.53 Å². The fourth-order valence-corrected chi connectivity index (χ4v) is 5.91. The van der Waals surface area contributed by atoms with Gasteiger partial charge in [0.1, 0.15) is 5.75 Å². The van der Waals surface area contributed by atoms with E-state index in [0.717, 1.165) is 50.2 Å². The van der Waals surface area contributed by atoms with Crippen LogP contribution in [-0.2, 0) is 6.42 Å². The summed E-state index contributed by atoms with van der Waals surface area (Å²) in [5.41, 5.74) is 3.98. The monoisotopic (exact) mass is 419 g/mol. The van der Waals surface area contributed by atoms with E-state index in [0.29, 0.717) is 18.0 Å². The smallest absolute Gasteiger partial charge is 0.318 e. The number of nitrogens with zero attached hydrogens (tertiary/aromatic N) is 2. The molecule has 0 aliphatic carbocycles. The Bertz CT molecular complexity index is 932. The van der Waals surface area contributed by atoms with E-state index in [1.165, 1.54) is 17.5 Å². The normalized spacial score (nSPS) is 26.3. The number of benzene rings is 2. The molecule has 2 aromatic carbocycles. The average Bonchev–Trinajstić information content (AvgIpc) is 2.82. The molecule has 2 amide bonds. The highest BCUT2D eigenvalue weighted by molar-refractivity contribution is 5.75. The highest BCUT2D eigenvalue weighted by atomic mass is 16.5. The maximum absolute atomic E-state index is 13.3. The van der Waals surface area contributed by atoms with Crippen molar-refractivity contribution in [3.63, 3.8) is 0 Å². The number of fused-ring (bicyclic) bond motifs is 4. The number of likely N-dealkylation sites (tertiary alicyclic amines) is 1. The van der Waals surface area contributed by atoms with Crippen LogP contribution < -0.4 is 10.1 Å². The van der Waals surface area contributed by atoms with E-state index in [1.807, 2.05) is 18.2 Å². The lowest BCUT2D eigenvalue weighted by Gasteiger charge is -2.52. The summed E-state index contributed by atoms with van der Waals surface area (Å²) in [6, 6.07) is 17.6. The van der Waals surface area contributed by atoms with Gasteiger partial charge in [0.15, 0.2) is 0 Å². The topological polar surface area (TPSA) is 44.8 Å². The van der Waals surface area contributed by atoms with Crippen LogP contribution in [0.5, 0.6) is 5.75 Å². The SMILES string of the molecule is COc1ccc2c(c1)CCN1CC3CCCN(C(=O)N[C@H](C)c4ccccc4)C3CC21. The van der Waals surface area contributed by atoms with Gasteiger partial charge in [0.2, 0.25) is 0 Å². The molecule has 5 heteroatoms. The number of amides is 2. The molecular formula is C26H33N3O2. The third kappa shape index (κ3) is 3.91. The standard InChI is InChI=1S/C26H33N3O2/c1-18(19-7-4-3-5-8-19)27-26(30)29-13-6-9-21-17-28-14-12-20-15-22(31-2)10-11-23(20)25(28)16-24(21)29/h3-5,7-8,10-11,15,18,21,24-25H,6,9,12-14,16-17H2,1-2H3,(H,27,30)/t18-,21?,24?,25?/m1/s1. The molecule has 4 atom stereocenters. The number of methoxy groups -OCH3 is 1. The second kappa shape index (κ2) is 8.54. The number of hydrogen-bond donors (Lipinski definition) is 1. The maximum Gasteiger partial charge on any atom is 0.318 e. The molecule has 1 N–H and O–H groups in total. The highest BCUT2D eigenvalue weighted by Gasteiger charge is 2.44. The Morgan fingerprint density at radius 1 is 1.16 bits per heavy atom. The van der Waals surface area contributed by atoms with Crippen molar-refractivity contribution in [3.05, 3.63) is 65.2 Å². The molecule has 31 heavy (non-hydrogen) atoms. The van der Waals surface area contributed by atoms with E-state index >= 15 is 0 Å². The quantitative estimate of drug-likeness (QED) is 0.794. The van der Waals surface area contributed by atoms with E-state index in [-0.39, 0.29) is 12.1 Å². The molecule has 0 radical (unpaired) electrons. The van der Waals surface area contributed by atoms with E-state index in [9.17, 15) is 4.79 Å². The van der Waals surface area contributed by atoms with Crippen LogP contribution in [0.2, 0.25) is 0 Å². The Hall–Kier alpha value is -2.53. The molecule has 0 aromatic heterocycles. The summed E-state index contributed by atoms with van der Waals surface area (Å²) in [6.07, 6.45) is 4.43. The zero-order valence-electron chi connectivity index (χ0n) is 18.6. The van der Waals surface area contributed by atoms with Crippen LogP contribution >= 0.6 is 0 Å². The van der Waals surface area contributed by atoms with Gasteiger partial charge in [-0.05, 0) is 67.3 Å². The second-order valence-electron chi connectivity index (χ2n) is 9.31. The van der Waals surface area contributed by atoms with Gasteiger partial charge in [0, 0.05) is 31.7 Å². The number of carbonyl (C=O) groups is 1. The highest BCUT2D eigenvalue weighted by Crippen LogP contribution is 2.43. The molecule has 2 aromatic rings. The Labute approximate surface area is 185 Å². The molecule has 0 bridgehead atoms. The molecule has 3 aliphatic heterocycles. The Morgan fingerprint density at radius 2 is 2.00 bits per heavy atom. The van der Waals surface area contributed by atoms with Gasteiger partial charge >= 0.3 is 6.03 Å². The van der Waals surface area contributed by atoms with Crippen molar-refractivity contribution >= 4 is 6.03 Å². The minimum absolute atomic E-state index is 0.0111. The van der Waals surface area contributed by atoms with Crippen LogP contribution in [-0.4, -0.2) is 48.6 Å². The molecule has 3 unspecified atom stereocenters. The molecule has 0 spiro atoms. The van der Waals surface area contributed by atoms with Crippen molar-refractivity contribution in [2.24, 2.45) is 5.92 Å². The lowest BCUT2D eigenvalue weighted by atomic mass is 9.76. The van der Waals surface area contributed by atoms with Crippen LogP contribution in [0.4, 0.5) is 4.79 Å². The number of hydrogen-bond acceptors (Lipinski definition) is 3. The maximum atomic E-state index is 13.3. The Balaban J connectivity index is 1.34.